The molecule has 1 fully saturated rings. The molecular formula is C22H29F2N5O. The summed E-state index contributed by atoms with van der Waals surface area (Å²) in [5.74, 6) is 0.567. The Bertz CT molecular complexity index is 886. The van der Waals surface area contributed by atoms with Crippen LogP contribution in [0.25, 0.3) is 0 Å². The molecule has 1 atom stereocenters. The van der Waals surface area contributed by atoms with Gasteiger partial charge >= 0.3 is 0 Å². The van der Waals surface area contributed by atoms with Crippen molar-refractivity contribution in [2.45, 2.75) is 58.2 Å². The predicted molar refractivity (Wildman–Crippen MR) is 113 cm³/mol. The van der Waals surface area contributed by atoms with E-state index in [4.69, 9.17) is 14.7 Å². The third kappa shape index (κ3) is 4.64. The maximum atomic E-state index is 13.9. The van der Waals surface area contributed by atoms with Gasteiger partial charge in [-0.3, -0.25) is 0 Å². The fourth-order valence-corrected chi connectivity index (χ4v) is 3.84. The Labute approximate surface area is 176 Å². The molecule has 1 aromatic carbocycles. The van der Waals surface area contributed by atoms with E-state index >= 15 is 0 Å². The lowest BCUT2D eigenvalue weighted by molar-refractivity contribution is 0.163. The summed E-state index contributed by atoms with van der Waals surface area (Å²) in [4.78, 5) is 12.1. The number of benzene rings is 1. The van der Waals surface area contributed by atoms with Gasteiger partial charge in [0, 0.05) is 57.5 Å². The molecule has 2 N–H and O–H groups in total. The van der Waals surface area contributed by atoms with Crippen molar-refractivity contribution in [3.05, 3.63) is 41.2 Å². The number of anilines is 2. The van der Waals surface area contributed by atoms with Gasteiger partial charge in [0.05, 0.1) is 11.4 Å². The summed E-state index contributed by atoms with van der Waals surface area (Å²) in [5, 5.41) is 6.87. The molecule has 0 aliphatic carbocycles. The van der Waals surface area contributed by atoms with E-state index in [1.165, 1.54) is 12.1 Å². The van der Waals surface area contributed by atoms with Crippen molar-refractivity contribution in [2.24, 2.45) is 0 Å². The molecule has 0 bridgehead atoms. The van der Waals surface area contributed by atoms with E-state index in [2.05, 4.69) is 29.4 Å². The Morgan fingerprint density at radius 2 is 2.03 bits per heavy atom. The van der Waals surface area contributed by atoms with E-state index in [0.717, 1.165) is 81.0 Å². The van der Waals surface area contributed by atoms with Crippen LogP contribution in [0.3, 0.4) is 0 Å². The van der Waals surface area contributed by atoms with E-state index in [9.17, 15) is 8.78 Å². The molecular weight excluding hydrogens is 388 g/mol. The molecule has 162 valence electrons. The Morgan fingerprint density at radius 3 is 2.77 bits per heavy atom. The highest BCUT2D eigenvalue weighted by molar-refractivity contribution is 5.62. The zero-order valence-electron chi connectivity index (χ0n) is 17.5. The molecule has 2 aromatic rings. The van der Waals surface area contributed by atoms with Gasteiger partial charge in [0.25, 0.3) is 0 Å². The summed E-state index contributed by atoms with van der Waals surface area (Å²) in [7, 11) is 0. The van der Waals surface area contributed by atoms with E-state index in [0.29, 0.717) is 6.04 Å². The summed E-state index contributed by atoms with van der Waals surface area (Å²) in [6.07, 6.45) is 3.24. The molecule has 30 heavy (non-hydrogen) atoms. The van der Waals surface area contributed by atoms with Crippen LogP contribution in [0.2, 0.25) is 0 Å². The lowest BCUT2D eigenvalue weighted by Gasteiger charge is -2.34. The van der Waals surface area contributed by atoms with Crippen LogP contribution in [0.4, 0.5) is 20.4 Å². The summed E-state index contributed by atoms with van der Waals surface area (Å²) in [5.41, 5.74) is 2.08. The van der Waals surface area contributed by atoms with Crippen LogP contribution in [0.15, 0.2) is 18.2 Å². The smallest absolute Gasteiger partial charge is 0.172 e. The average Bonchev–Trinajstić information content (AvgIpc) is 2.75. The second-order valence-electron chi connectivity index (χ2n) is 8.05. The molecule has 4 rings (SSSR count). The first-order valence-electron chi connectivity index (χ1n) is 10.8. The van der Waals surface area contributed by atoms with Crippen LogP contribution < -0.4 is 20.3 Å². The largest absolute Gasteiger partial charge is 0.487 e. The van der Waals surface area contributed by atoms with Crippen molar-refractivity contribution in [3.8, 4) is 5.75 Å². The number of halogens is 2. The molecule has 1 saturated heterocycles. The van der Waals surface area contributed by atoms with E-state index in [1.807, 2.05) is 0 Å². The highest BCUT2D eigenvalue weighted by Crippen LogP contribution is 2.30. The molecule has 0 saturated carbocycles. The second-order valence-corrected chi connectivity index (χ2v) is 8.05. The Balaban J connectivity index is 1.48. The lowest BCUT2D eigenvalue weighted by atomic mass is 10.1. The first kappa shape index (κ1) is 20.8. The average molecular weight is 418 g/mol. The highest BCUT2D eigenvalue weighted by Gasteiger charge is 2.27. The molecule has 0 radical (unpaired) electrons. The zero-order valence-corrected chi connectivity index (χ0v) is 17.5. The molecule has 2 aliphatic rings. The lowest BCUT2D eigenvalue weighted by Crippen LogP contribution is -2.40. The van der Waals surface area contributed by atoms with Crippen molar-refractivity contribution in [2.75, 3.05) is 29.9 Å². The molecule has 8 heteroatoms. The maximum absolute atomic E-state index is 13.9. The first-order chi connectivity index (χ1) is 14.5. The number of hydrogen-bond donors (Lipinski definition) is 2. The number of hydrogen-bond acceptors (Lipinski definition) is 6. The Hall–Kier alpha value is -2.48. The molecule has 0 amide bonds. The molecule has 6 nitrogen and oxygen atoms in total. The van der Waals surface area contributed by atoms with Gasteiger partial charge in [0.15, 0.2) is 23.2 Å². The van der Waals surface area contributed by atoms with Crippen molar-refractivity contribution in [1.29, 1.82) is 0 Å². The predicted octanol–water partition coefficient (Wildman–Crippen LogP) is 3.66. The fourth-order valence-electron chi connectivity index (χ4n) is 3.84. The van der Waals surface area contributed by atoms with Gasteiger partial charge in [-0.05, 0) is 25.5 Å². The second kappa shape index (κ2) is 9.12. The number of rotatable bonds is 6. The number of ether oxygens (including phenoxy) is 1. The Kier molecular flexibility index (Phi) is 6.32. The monoisotopic (exact) mass is 417 g/mol. The number of nitrogens with one attached hydrogen (secondary N) is 2. The van der Waals surface area contributed by atoms with Gasteiger partial charge in [-0.2, -0.15) is 0 Å². The van der Waals surface area contributed by atoms with Crippen LogP contribution >= 0.6 is 0 Å². The van der Waals surface area contributed by atoms with Crippen LogP contribution in [0.1, 0.15) is 44.5 Å². The summed E-state index contributed by atoms with van der Waals surface area (Å²) in [6.45, 7) is 7.43. The van der Waals surface area contributed by atoms with Crippen LogP contribution in [-0.2, 0) is 13.0 Å². The fraction of sp³-hybridized carbons (Fsp3) is 0.545. The standard InChI is InChI=1S/C22H29F2N5O/c1-3-14(2)26-21-22(28-18-6-9-25-13-19(18)27-21)29-10-7-16(8-11-29)30-20-5-4-15(23)12-17(20)24/h4-5,12,14,16,25H,3,6-11,13H2,1-2H3,(H,26,27). The van der Waals surface area contributed by atoms with Crippen LogP contribution in [-0.4, -0.2) is 41.7 Å². The highest BCUT2D eigenvalue weighted by atomic mass is 19.1. The minimum atomic E-state index is -0.661. The SMILES string of the molecule is CCC(C)Nc1nc2c(nc1N1CCC(Oc3ccc(F)cc3F)CC1)CCNC2. The van der Waals surface area contributed by atoms with Crippen molar-refractivity contribution in [1.82, 2.24) is 15.3 Å². The normalized spacial score (nSPS) is 18.1. The third-order valence-corrected chi connectivity index (χ3v) is 5.79. The van der Waals surface area contributed by atoms with Gasteiger partial charge in [-0.15, -0.1) is 0 Å². The maximum Gasteiger partial charge on any atom is 0.172 e. The van der Waals surface area contributed by atoms with Gasteiger partial charge in [0.1, 0.15) is 11.9 Å². The zero-order chi connectivity index (χ0) is 21.1. The van der Waals surface area contributed by atoms with Gasteiger partial charge in [-0.25, -0.2) is 18.7 Å². The minimum Gasteiger partial charge on any atom is -0.487 e. The topological polar surface area (TPSA) is 62.3 Å². The summed E-state index contributed by atoms with van der Waals surface area (Å²) >= 11 is 0. The molecule has 2 aliphatic heterocycles. The number of fused-ring (bicyclic) bond motifs is 1. The summed E-state index contributed by atoms with van der Waals surface area (Å²) < 4.78 is 32.8. The van der Waals surface area contributed by atoms with E-state index in [-0.39, 0.29) is 11.9 Å². The number of aromatic nitrogens is 2. The van der Waals surface area contributed by atoms with Crippen LogP contribution in [0.5, 0.6) is 5.75 Å². The first-order valence-corrected chi connectivity index (χ1v) is 10.8. The third-order valence-electron chi connectivity index (χ3n) is 5.79. The molecule has 0 spiro atoms. The van der Waals surface area contributed by atoms with Crippen molar-refractivity contribution < 1.29 is 13.5 Å². The van der Waals surface area contributed by atoms with Crippen molar-refractivity contribution in [3.63, 3.8) is 0 Å². The number of piperidine rings is 1. The van der Waals surface area contributed by atoms with Crippen LogP contribution in [0, 0.1) is 11.6 Å². The minimum absolute atomic E-state index is 0.107. The summed E-state index contributed by atoms with van der Waals surface area (Å²) in [6, 6.07) is 3.73. The van der Waals surface area contributed by atoms with Gasteiger partial charge in [0.2, 0.25) is 0 Å². The van der Waals surface area contributed by atoms with Gasteiger partial charge in [-0.1, -0.05) is 6.92 Å². The van der Waals surface area contributed by atoms with Gasteiger partial charge < -0.3 is 20.3 Å². The molecule has 1 aromatic heterocycles. The Morgan fingerprint density at radius 1 is 1.23 bits per heavy atom. The van der Waals surface area contributed by atoms with Crippen molar-refractivity contribution >= 4 is 11.6 Å². The van der Waals surface area contributed by atoms with E-state index < -0.39 is 11.6 Å². The molecule has 3 heterocycles. The number of nitrogens with zero attached hydrogens (tertiary/aromatic N) is 3. The quantitative estimate of drug-likeness (QED) is 0.748. The molecule has 1 unspecified atom stereocenters. The van der Waals surface area contributed by atoms with E-state index in [1.54, 1.807) is 0 Å².